The maximum Gasteiger partial charge on any atom is 0.127 e. The number of unbranched alkanes of at least 4 members (excludes halogenated alkanes) is 2. The Morgan fingerprint density at radius 3 is 1.52 bits per heavy atom. The van der Waals surface area contributed by atoms with E-state index in [0.29, 0.717) is 19.8 Å². The quantitative estimate of drug-likeness (QED) is 0.222. The van der Waals surface area contributed by atoms with Crippen LogP contribution in [-0.4, -0.2) is 11.9 Å². The van der Waals surface area contributed by atoms with Crippen molar-refractivity contribution in [2.75, 3.05) is 11.9 Å². The molecule has 152 valence electrons. The van der Waals surface area contributed by atoms with Crippen LogP contribution in [0.1, 0.15) is 30.4 Å². The predicted octanol–water partition coefficient (Wildman–Crippen LogP) is 6.79. The second-order valence-electron chi connectivity index (χ2n) is 6.79. The van der Waals surface area contributed by atoms with Crippen molar-refractivity contribution in [2.24, 2.45) is 0 Å². The van der Waals surface area contributed by atoms with Gasteiger partial charge in [0.15, 0.2) is 0 Å². The molecule has 3 rings (SSSR count). The molecule has 3 nitrogen and oxygen atoms in total. The Hall–Kier alpha value is -2.46. The summed E-state index contributed by atoms with van der Waals surface area (Å²) in [5.41, 5.74) is 2.25. The van der Waals surface area contributed by atoms with E-state index in [-0.39, 0.29) is 0 Å². The van der Waals surface area contributed by atoms with Gasteiger partial charge in [-0.05, 0) is 30.4 Å². The highest BCUT2D eigenvalue weighted by Gasteiger charge is 2.06. The highest BCUT2D eigenvalue weighted by atomic mass is 79.9. The van der Waals surface area contributed by atoms with E-state index in [1.807, 2.05) is 54.6 Å². The maximum absolute atomic E-state index is 6.00. The van der Waals surface area contributed by atoms with Crippen LogP contribution in [0.2, 0.25) is 0 Å². The van der Waals surface area contributed by atoms with Crippen molar-refractivity contribution in [3.63, 3.8) is 0 Å². The molecule has 0 radical (unpaired) electrons. The van der Waals surface area contributed by atoms with Gasteiger partial charge in [0, 0.05) is 23.5 Å². The van der Waals surface area contributed by atoms with E-state index < -0.39 is 0 Å². The Balaban J connectivity index is 1.64. The molecule has 0 aromatic heterocycles. The van der Waals surface area contributed by atoms with Crippen LogP contribution in [0.3, 0.4) is 0 Å². The molecule has 4 heteroatoms. The molecule has 3 aromatic carbocycles. The zero-order chi connectivity index (χ0) is 20.2. The molecule has 0 atom stereocenters. The summed E-state index contributed by atoms with van der Waals surface area (Å²) in [5, 5.41) is 1.04. The van der Waals surface area contributed by atoms with Crippen molar-refractivity contribution in [2.45, 2.75) is 32.5 Å². The largest absolute Gasteiger partial charge is 0.493 e. The monoisotopic (exact) mass is 454 g/mol. The standard InChI is InChI=1S/C25H27BrO3/c26-14-8-3-9-15-27-23-16-24(28-19-21-10-4-1-5-11-21)18-25(17-23)29-20-22-12-6-2-7-13-22/h1-2,4-7,10-13,16-18H,3,8-9,14-15,19-20H2. The molecule has 0 unspecified atom stereocenters. The van der Waals surface area contributed by atoms with Crippen LogP contribution in [0.25, 0.3) is 0 Å². The minimum Gasteiger partial charge on any atom is -0.493 e. The lowest BCUT2D eigenvalue weighted by Crippen LogP contribution is -2.01. The summed E-state index contributed by atoms with van der Waals surface area (Å²) in [6, 6.07) is 26.1. The van der Waals surface area contributed by atoms with E-state index in [1.165, 1.54) is 0 Å². The first-order chi connectivity index (χ1) is 14.3. The van der Waals surface area contributed by atoms with Crippen LogP contribution in [0.15, 0.2) is 78.9 Å². The van der Waals surface area contributed by atoms with Gasteiger partial charge in [0.1, 0.15) is 30.5 Å². The first kappa shape index (κ1) is 21.3. The second-order valence-corrected chi connectivity index (χ2v) is 7.58. The molecule has 0 aliphatic rings. The van der Waals surface area contributed by atoms with E-state index in [9.17, 15) is 0 Å². The van der Waals surface area contributed by atoms with Crippen molar-refractivity contribution < 1.29 is 14.2 Å². The van der Waals surface area contributed by atoms with Gasteiger partial charge in [-0.1, -0.05) is 76.6 Å². The van der Waals surface area contributed by atoms with Gasteiger partial charge in [0.25, 0.3) is 0 Å². The van der Waals surface area contributed by atoms with Crippen LogP contribution in [0.4, 0.5) is 0 Å². The number of ether oxygens (including phenoxy) is 3. The molecule has 0 amide bonds. The van der Waals surface area contributed by atoms with Crippen LogP contribution in [0, 0.1) is 0 Å². The fourth-order valence-electron chi connectivity index (χ4n) is 2.84. The van der Waals surface area contributed by atoms with Crippen molar-refractivity contribution in [3.8, 4) is 17.2 Å². The van der Waals surface area contributed by atoms with Crippen LogP contribution >= 0.6 is 15.9 Å². The third-order valence-electron chi connectivity index (χ3n) is 4.40. The van der Waals surface area contributed by atoms with Gasteiger partial charge in [0.2, 0.25) is 0 Å². The topological polar surface area (TPSA) is 27.7 Å². The number of hydrogen-bond donors (Lipinski definition) is 0. The lowest BCUT2D eigenvalue weighted by molar-refractivity contribution is 0.275. The molecular formula is C25H27BrO3. The van der Waals surface area contributed by atoms with Gasteiger partial charge < -0.3 is 14.2 Å². The molecule has 0 spiro atoms. The van der Waals surface area contributed by atoms with Gasteiger partial charge in [-0.15, -0.1) is 0 Å². The van der Waals surface area contributed by atoms with Gasteiger partial charge in [0.05, 0.1) is 6.61 Å². The van der Waals surface area contributed by atoms with Crippen molar-refractivity contribution in [1.29, 1.82) is 0 Å². The fourth-order valence-corrected chi connectivity index (χ4v) is 3.24. The third-order valence-corrected chi connectivity index (χ3v) is 4.96. The maximum atomic E-state index is 6.00. The lowest BCUT2D eigenvalue weighted by Gasteiger charge is -2.13. The SMILES string of the molecule is BrCCCCCOc1cc(OCc2ccccc2)cc(OCc2ccccc2)c1. The Labute approximate surface area is 181 Å². The zero-order valence-electron chi connectivity index (χ0n) is 16.6. The van der Waals surface area contributed by atoms with Gasteiger partial charge in [-0.2, -0.15) is 0 Å². The zero-order valence-corrected chi connectivity index (χ0v) is 18.1. The van der Waals surface area contributed by atoms with Crippen molar-refractivity contribution >= 4 is 15.9 Å². The van der Waals surface area contributed by atoms with E-state index in [4.69, 9.17) is 14.2 Å². The molecule has 0 aliphatic carbocycles. The van der Waals surface area contributed by atoms with Gasteiger partial charge in [-0.3, -0.25) is 0 Å². The highest BCUT2D eigenvalue weighted by Crippen LogP contribution is 2.29. The minimum atomic E-state index is 0.508. The first-order valence-corrected chi connectivity index (χ1v) is 11.1. The second kappa shape index (κ2) is 12.2. The normalized spacial score (nSPS) is 10.5. The van der Waals surface area contributed by atoms with E-state index >= 15 is 0 Å². The summed E-state index contributed by atoms with van der Waals surface area (Å²) in [6.07, 6.45) is 3.34. The van der Waals surface area contributed by atoms with Crippen LogP contribution < -0.4 is 14.2 Å². The molecular weight excluding hydrogens is 428 g/mol. The van der Waals surface area contributed by atoms with E-state index in [1.54, 1.807) is 0 Å². The van der Waals surface area contributed by atoms with Gasteiger partial charge >= 0.3 is 0 Å². The summed E-state index contributed by atoms with van der Waals surface area (Å²) in [5.74, 6) is 2.27. The Kier molecular flexibility index (Phi) is 8.92. The predicted molar refractivity (Wildman–Crippen MR) is 121 cm³/mol. The van der Waals surface area contributed by atoms with Crippen molar-refractivity contribution in [1.82, 2.24) is 0 Å². The molecule has 0 saturated heterocycles. The molecule has 0 fully saturated rings. The fraction of sp³-hybridized carbons (Fsp3) is 0.280. The molecule has 0 bridgehead atoms. The van der Waals surface area contributed by atoms with E-state index in [2.05, 4.69) is 40.2 Å². The van der Waals surface area contributed by atoms with Crippen molar-refractivity contribution in [3.05, 3.63) is 90.0 Å². The van der Waals surface area contributed by atoms with Crippen LogP contribution in [-0.2, 0) is 13.2 Å². The lowest BCUT2D eigenvalue weighted by atomic mass is 10.2. The highest BCUT2D eigenvalue weighted by molar-refractivity contribution is 9.09. The summed E-state index contributed by atoms with van der Waals surface area (Å²) in [7, 11) is 0. The molecule has 3 aromatic rings. The summed E-state index contributed by atoms with van der Waals surface area (Å²) < 4.78 is 18.0. The molecule has 0 aliphatic heterocycles. The number of alkyl halides is 1. The number of halogens is 1. The molecule has 0 saturated carbocycles. The third kappa shape index (κ3) is 7.82. The number of benzene rings is 3. The minimum absolute atomic E-state index is 0.508. The molecule has 0 N–H and O–H groups in total. The summed E-state index contributed by atoms with van der Waals surface area (Å²) in [4.78, 5) is 0. The Morgan fingerprint density at radius 2 is 1.03 bits per heavy atom. The average molecular weight is 455 g/mol. The smallest absolute Gasteiger partial charge is 0.127 e. The van der Waals surface area contributed by atoms with Crippen LogP contribution in [0.5, 0.6) is 17.2 Å². The van der Waals surface area contributed by atoms with Gasteiger partial charge in [-0.25, -0.2) is 0 Å². The van der Waals surface area contributed by atoms with E-state index in [0.717, 1.165) is 53.0 Å². The summed E-state index contributed by atoms with van der Waals surface area (Å²) in [6.45, 7) is 1.70. The molecule has 29 heavy (non-hydrogen) atoms. The first-order valence-electron chi connectivity index (χ1n) is 10.0. The number of hydrogen-bond acceptors (Lipinski definition) is 3. The Morgan fingerprint density at radius 1 is 0.552 bits per heavy atom. The number of rotatable bonds is 12. The average Bonchev–Trinajstić information content (AvgIpc) is 2.77. The summed E-state index contributed by atoms with van der Waals surface area (Å²) >= 11 is 3.46. The molecule has 0 heterocycles. The Bertz CT molecular complexity index is 775.